The molecule has 0 atom stereocenters. The SMILES string of the molecule is O=[N+]([O-])c1ccc(Cl)c(CNc2cnccc2Cl)c1. The van der Waals surface area contributed by atoms with Gasteiger partial charge in [-0.15, -0.1) is 0 Å². The lowest BCUT2D eigenvalue weighted by molar-refractivity contribution is -0.384. The fourth-order valence-corrected chi connectivity index (χ4v) is 1.86. The monoisotopic (exact) mass is 297 g/mol. The average Bonchev–Trinajstić information content (AvgIpc) is 2.39. The van der Waals surface area contributed by atoms with Gasteiger partial charge in [0.15, 0.2) is 0 Å². The molecule has 7 heteroatoms. The lowest BCUT2D eigenvalue weighted by atomic mass is 10.2. The summed E-state index contributed by atoms with van der Waals surface area (Å²) in [6, 6.07) is 5.95. The van der Waals surface area contributed by atoms with Crippen molar-refractivity contribution in [1.29, 1.82) is 0 Å². The first-order valence-corrected chi connectivity index (χ1v) is 6.09. The van der Waals surface area contributed by atoms with Crippen LogP contribution in [0.25, 0.3) is 0 Å². The van der Waals surface area contributed by atoms with E-state index in [1.807, 2.05) is 0 Å². The van der Waals surface area contributed by atoms with Crippen LogP contribution in [-0.4, -0.2) is 9.91 Å². The standard InChI is InChI=1S/C12H9Cl2N3O2/c13-10-2-1-9(17(18)19)5-8(10)6-16-12-7-15-4-3-11(12)14/h1-5,7,16H,6H2. The van der Waals surface area contributed by atoms with Crippen molar-refractivity contribution >= 4 is 34.6 Å². The molecule has 0 radical (unpaired) electrons. The molecule has 0 aliphatic rings. The molecular weight excluding hydrogens is 289 g/mol. The van der Waals surface area contributed by atoms with Crippen LogP contribution >= 0.6 is 23.2 Å². The summed E-state index contributed by atoms with van der Waals surface area (Å²) in [4.78, 5) is 14.2. The molecule has 98 valence electrons. The highest BCUT2D eigenvalue weighted by Crippen LogP contribution is 2.25. The summed E-state index contributed by atoms with van der Waals surface area (Å²) in [6.45, 7) is 0.325. The van der Waals surface area contributed by atoms with Gasteiger partial charge in [0.05, 0.1) is 21.8 Å². The van der Waals surface area contributed by atoms with E-state index < -0.39 is 4.92 Å². The summed E-state index contributed by atoms with van der Waals surface area (Å²) in [7, 11) is 0. The Morgan fingerprint density at radius 2 is 2.05 bits per heavy atom. The Morgan fingerprint density at radius 1 is 1.26 bits per heavy atom. The minimum absolute atomic E-state index is 0.00140. The maximum atomic E-state index is 10.7. The van der Waals surface area contributed by atoms with Crippen LogP contribution in [0.1, 0.15) is 5.56 Å². The molecule has 2 aromatic rings. The van der Waals surface area contributed by atoms with E-state index in [0.717, 1.165) is 0 Å². The maximum absolute atomic E-state index is 10.7. The Balaban J connectivity index is 2.17. The van der Waals surface area contributed by atoms with Gasteiger partial charge in [-0.25, -0.2) is 0 Å². The quantitative estimate of drug-likeness (QED) is 0.686. The van der Waals surface area contributed by atoms with Crippen molar-refractivity contribution in [3.8, 4) is 0 Å². The first-order chi connectivity index (χ1) is 9.08. The number of nitro benzene ring substituents is 1. The number of aromatic nitrogens is 1. The molecule has 0 aliphatic heterocycles. The molecule has 0 aliphatic carbocycles. The van der Waals surface area contributed by atoms with E-state index in [-0.39, 0.29) is 5.69 Å². The molecule has 2 rings (SSSR count). The molecule has 0 fully saturated rings. The minimum atomic E-state index is -0.461. The Hall–Kier alpha value is -1.85. The number of rotatable bonds is 4. The molecule has 0 saturated carbocycles. The largest absolute Gasteiger partial charge is 0.378 e. The van der Waals surface area contributed by atoms with Crippen LogP contribution in [0.3, 0.4) is 0 Å². The van der Waals surface area contributed by atoms with Gasteiger partial charge in [0.2, 0.25) is 0 Å². The maximum Gasteiger partial charge on any atom is 0.269 e. The van der Waals surface area contributed by atoms with Crippen LogP contribution < -0.4 is 5.32 Å². The zero-order valence-corrected chi connectivity index (χ0v) is 11.1. The summed E-state index contributed by atoms with van der Waals surface area (Å²) in [6.07, 6.45) is 3.15. The van der Waals surface area contributed by atoms with Crippen molar-refractivity contribution in [2.45, 2.75) is 6.54 Å². The van der Waals surface area contributed by atoms with Crippen LogP contribution in [0.4, 0.5) is 11.4 Å². The van der Waals surface area contributed by atoms with Crippen molar-refractivity contribution < 1.29 is 4.92 Å². The van der Waals surface area contributed by atoms with Crippen molar-refractivity contribution in [1.82, 2.24) is 4.98 Å². The highest BCUT2D eigenvalue weighted by atomic mass is 35.5. The van der Waals surface area contributed by atoms with Gasteiger partial charge in [0.25, 0.3) is 5.69 Å². The average molecular weight is 298 g/mol. The molecule has 0 saturated heterocycles. The second-order valence-electron chi connectivity index (χ2n) is 3.74. The molecule has 19 heavy (non-hydrogen) atoms. The predicted molar refractivity (Wildman–Crippen MR) is 74.7 cm³/mol. The van der Waals surface area contributed by atoms with E-state index in [0.29, 0.717) is 27.8 Å². The first kappa shape index (κ1) is 13.6. The van der Waals surface area contributed by atoms with E-state index in [4.69, 9.17) is 23.2 Å². The van der Waals surface area contributed by atoms with E-state index in [2.05, 4.69) is 10.3 Å². The van der Waals surface area contributed by atoms with Gasteiger partial charge in [-0.3, -0.25) is 15.1 Å². The highest BCUT2D eigenvalue weighted by molar-refractivity contribution is 6.33. The van der Waals surface area contributed by atoms with Gasteiger partial charge in [-0.1, -0.05) is 23.2 Å². The molecule has 0 amide bonds. The number of hydrogen-bond donors (Lipinski definition) is 1. The fourth-order valence-electron chi connectivity index (χ4n) is 1.51. The second kappa shape index (κ2) is 5.86. The zero-order chi connectivity index (χ0) is 13.8. The molecule has 1 aromatic carbocycles. The number of halogens is 2. The predicted octanol–water partition coefficient (Wildman–Crippen LogP) is 3.91. The molecular formula is C12H9Cl2N3O2. The summed E-state index contributed by atoms with van der Waals surface area (Å²) in [5.41, 5.74) is 1.26. The van der Waals surface area contributed by atoms with E-state index in [1.165, 1.54) is 18.2 Å². The van der Waals surface area contributed by atoms with Crippen LogP contribution in [0, 0.1) is 10.1 Å². The number of benzene rings is 1. The third-order valence-electron chi connectivity index (χ3n) is 2.48. The minimum Gasteiger partial charge on any atom is -0.378 e. The number of anilines is 1. The van der Waals surface area contributed by atoms with Crippen LogP contribution in [0.5, 0.6) is 0 Å². The normalized spacial score (nSPS) is 10.2. The first-order valence-electron chi connectivity index (χ1n) is 5.34. The van der Waals surface area contributed by atoms with Gasteiger partial charge >= 0.3 is 0 Å². The molecule has 0 unspecified atom stereocenters. The smallest absolute Gasteiger partial charge is 0.269 e. The third kappa shape index (κ3) is 3.33. The van der Waals surface area contributed by atoms with Gasteiger partial charge < -0.3 is 5.32 Å². The summed E-state index contributed by atoms with van der Waals surface area (Å²) >= 11 is 12.0. The molecule has 0 bridgehead atoms. The topological polar surface area (TPSA) is 68.1 Å². The van der Waals surface area contributed by atoms with Gasteiger partial charge in [0.1, 0.15) is 0 Å². The number of non-ortho nitro benzene ring substituents is 1. The van der Waals surface area contributed by atoms with Crippen LogP contribution in [0.15, 0.2) is 36.7 Å². The lowest BCUT2D eigenvalue weighted by Gasteiger charge is -2.08. The van der Waals surface area contributed by atoms with Gasteiger partial charge in [-0.05, 0) is 17.7 Å². The number of pyridine rings is 1. The summed E-state index contributed by atoms with van der Waals surface area (Å²) in [5, 5.41) is 14.7. The summed E-state index contributed by atoms with van der Waals surface area (Å²) in [5.74, 6) is 0. The van der Waals surface area contributed by atoms with Crippen molar-refractivity contribution in [2.75, 3.05) is 5.32 Å². The Morgan fingerprint density at radius 3 is 2.74 bits per heavy atom. The van der Waals surface area contributed by atoms with Crippen molar-refractivity contribution in [2.24, 2.45) is 0 Å². The molecule has 5 nitrogen and oxygen atoms in total. The van der Waals surface area contributed by atoms with Crippen molar-refractivity contribution in [3.05, 3.63) is 62.4 Å². The van der Waals surface area contributed by atoms with Crippen LogP contribution in [0.2, 0.25) is 10.0 Å². The molecule has 0 spiro atoms. The Labute approximate surface area is 119 Å². The number of hydrogen-bond acceptors (Lipinski definition) is 4. The van der Waals surface area contributed by atoms with Gasteiger partial charge in [-0.2, -0.15) is 0 Å². The lowest BCUT2D eigenvalue weighted by Crippen LogP contribution is -2.02. The summed E-state index contributed by atoms with van der Waals surface area (Å²) < 4.78 is 0. The number of nitrogens with one attached hydrogen (secondary N) is 1. The number of nitrogens with zero attached hydrogens (tertiary/aromatic N) is 2. The molecule has 1 N–H and O–H groups in total. The Kier molecular flexibility index (Phi) is 4.19. The Bertz CT molecular complexity index is 620. The van der Waals surface area contributed by atoms with E-state index >= 15 is 0 Å². The van der Waals surface area contributed by atoms with Crippen molar-refractivity contribution in [3.63, 3.8) is 0 Å². The molecule has 1 aromatic heterocycles. The zero-order valence-electron chi connectivity index (χ0n) is 9.64. The highest BCUT2D eigenvalue weighted by Gasteiger charge is 2.10. The van der Waals surface area contributed by atoms with Crippen LogP contribution in [-0.2, 0) is 6.54 Å². The second-order valence-corrected chi connectivity index (χ2v) is 4.56. The van der Waals surface area contributed by atoms with E-state index in [9.17, 15) is 10.1 Å². The van der Waals surface area contributed by atoms with Gasteiger partial charge in [0, 0.05) is 29.9 Å². The third-order valence-corrected chi connectivity index (χ3v) is 3.18. The van der Waals surface area contributed by atoms with E-state index in [1.54, 1.807) is 18.5 Å². The molecule has 1 heterocycles. The number of nitro groups is 1. The fraction of sp³-hybridized carbons (Fsp3) is 0.0833.